The largest absolute Gasteiger partial charge is 0.398 e. The van der Waals surface area contributed by atoms with Crippen LogP contribution in [0.1, 0.15) is 18.9 Å². The molecular formula is C12H13ClN2O2. The lowest BCUT2D eigenvalue weighted by Crippen LogP contribution is -2.30. The van der Waals surface area contributed by atoms with Gasteiger partial charge in [-0.25, -0.2) is 0 Å². The number of imide groups is 1. The highest BCUT2D eigenvalue weighted by molar-refractivity contribution is 6.30. The number of halogens is 1. The van der Waals surface area contributed by atoms with E-state index in [1.165, 1.54) is 4.90 Å². The predicted molar refractivity (Wildman–Crippen MR) is 65.2 cm³/mol. The summed E-state index contributed by atoms with van der Waals surface area (Å²) in [4.78, 5) is 24.6. The number of carbonyl (C=O) groups is 2. The van der Waals surface area contributed by atoms with Gasteiger partial charge in [0.15, 0.2) is 0 Å². The predicted octanol–water partition coefficient (Wildman–Crippen LogP) is 1.82. The lowest BCUT2D eigenvalue weighted by atomic mass is 10.1. The molecule has 0 bridgehead atoms. The van der Waals surface area contributed by atoms with Crippen LogP contribution in [0.15, 0.2) is 18.2 Å². The van der Waals surface area contributed by atoms with Crippen molar-refractivity contribution in [3.63, 3.8) is 0 Å². The molecular weight excluding hydrogens is 240 g/mol. The summed E-state index contributed by atoms with van der Waals surface area (Å²) in [5, 5.41) is 0.540. The maximum Gasteiger partial charge on any atom is 0.232 e. The molecule has 0 spiro atoms. The van der Waals surface area contributed by atoms with Crippen molar-refractivity contribution >= 4 is 29.1 Å². The Morgan fingerprint density at radius 1 is 1.47 bits per heavy atom. The van der Waals surface area contributed by atoms with E-state index in [4.69, 9.17) is 17.3 Å². The molecule has 2 amide bonds. The van der Waals surface area contributed by atoms with E-state index < -0.39 is 0 Å². The second kappa shape index (κ2) is 4.37. The molecule has 0 saturated carbocycles. The molecule has 1 heterocycles. The SMILES string of the molecule is CC1CC(=O)N(Cc2ccc(Cl)cc2N)C1=O. The fourth-order valence-electron chi connectivity index (χ4n) is 1.89. The zero-order chi connectivity index (χ0) is 12.6. The zero-order valence-electron chi connectivity index (χ0n) is 9.44. The van der Waals surface area contributed by atoms with Crippen molar-refractivity contribution in [2.45, 2.75) is 19.9 Å². The summed E-state index contributed by atoms with van der Waals surface area (Å²) in [5.41, 5.74) is 7.03. The third-order valence-electron chi connectivity index (χ3n) is 2.91. The molecule has 1 aromatic rings. The van der Waals surface area contributed by atoms with Gasteiger partial charge in [0, 0.05) is 23.0 Å². The molecule has 0 aliphatic carbocycles. The number of benzene rings is 1. The number of nitrogen functional groups attached to an aromatic ring is 1. The Morgan fingerprint density at radius 3 is 2.71 bits per heavy atom. The fraction of sp³-hybridized carbons (Fsp3) is 0.333. The molecule has 17 heavy (non-hydrogen) atoms. The van der Waals surface area contributed by atoms with E-state index in [0.29, 0.717) is 10.7 Å². The van der Waals surface area contributed by atoms with Crippen LogP contribution in [0.25, 0.3) is 0 Å². The third-order valence-corrected chi connectivity index (χ3v) is 3.14. The van der Waals surface area contributed by atoms with Gasteiger partial charge in [0.1, 0.15) is 0 Å². The van der Waals surface area contributed by atoms with Gasteiger partial charge in [-0.1, -0.05) is 24.6 Å². The van der Waals surface area contributed by atoms with E-state index in [-0.39, 0.29) is 30.7 Å². The number of nitrogens with two attached hydrogens (primary N) is 1. The van der Waals surface area contributed by atoms with E-state index >= 15 is 0 Å². The summed E-state index contributed by atoms with van der Waals surface area (Å²) in [5.74, 6) is -0.503. The average molecular weight is 253 g/mol. The standard InChI is InChI=1S/C12H13ClN2O2/c1-7-4-11(16)15(12(7)17)6-8-2-3-9(13)5-10(8)14/h2-3,5,7H,4,6,14H2,1H3. The summed E-state index contributed by atoms with van der Waals surface area (Å²) in [6.45, 7) is 1.98. The Kier molecular flexibility index (Phi) is 3.07. The number of hydrogen-bond donors (Lipinski definition) is 1. The maximum absolute atomic E-state index is 11.7. The molecule has 1 aliphatic heterocycles. The van der Waals surface area contributed by atoms with Crippen LogP contribution in [0.3, 0.4) is 0 Å². The Balaban J connectivity index is 2.21. The Morgan fingerprint density at radius 2 is 2.18 bits per heavy atom. The molecule has 1 aliphatic rings. The van der Waals surface area contributed by atoms with Crippen molar-refractivity contribution in [2.75, 3.05) is 5.73 Å². The van der Waals surface area contributed by atoms with Gasteiger partial charge in [-0.2, -0.15) is 0 Å². The van der Waals surface area contributed by atoms with Crippen molar-refractivity contribution in [1.29, 1.82) is 0 Å². The van der Waals surface area contributed by atoms with Gasteiger partial charge in [-0.05, 0) is 17.7 Å². The second-order valence-corrected chi connectivity index (χ2v) is 4.70. The molecule has 1 fully saturated rings. The van der Waals surface area contributed by atoms with Crippen LogP contribution >= 0.6 is 11.6 Å². The molecule has 1 atom stereocenters. The highest BCUT2D eigenvalue weighted by atomic mass is 35.5. The zero-order valence-corrected chi connectivity index (χ0v) is 10.2. The van der Waals surface area contributed by atoms with Crippen LogP contribution in [-0.2, 0) is 16.1 Å². The molecule has 0 radical (unpaired) electrons. The summed E-state index contributed by atoms with van der Waals surface area (Å²) in [6, 6.07) is 5.05. The lowest BCUT2D eigenvalue weighted by molar-refractivity contribution is -0.139. The summed E-state index contributed by atoms with van der Waals surface area (Å²) in [6.07, 6.45) is 0.284. The number of hydrogen-bond acceptors (Lipinski definition) is 3. The Bertz CT molecular complexity index is 487. The molecule has 2 N–H and O–H groups in total. The highest BCUT2D eigenvalue weighted by Crippen LogP contribution is 2.24. The molecule has 1 unspecified atom stereocenters. The van der Waals surface area contributed by atoms with E-state index in [2.05, 4.69) is 0 Å². The van der Waals surface area contributed by atoms with Gasteiger partial charge < -0.3 is 5.73 Å². The third kappa shape index (κ3) is 2.26. The molecule has 0 aromatic heterocycles. The van der Waals surface area contributed by atoms with Crippen LogP contribution in [-0.4, -0.2) is 16.7 Å². The van der Waals surface area contributed by atoms with Gasteiger partial charge in [-0.3, -0.25) is 14.5 Å². The summed E-state index contributed by atoms with van der Waals surface area (Å²) < 4.78 is 0. The van der Waals surface area contributed by atoms with E-state index in [1.54, 1.807) is 25.1 Å². The number of rotatable bonds is 2. The first-order chi connectivity index (χ1) is 7.99. The molecule has 1 aromatic carbocycles. The van der Waals surface area contributed by atoms with Crippen molar-refractivity contribution < 1.29 is 9.59 Å². The minimum absolute atomic E-state index is 0.135. The topological polar surface area (TPSA) is 63.4 Å². The van der Waals surface area contributed by atoms with E-state index in [0.717, 1.165) is 5.56 Å². The normalized spacial score (nSPS) is 20.1. The first-order valence-corrected chi connectivity index (χ1v) is 5.75. The lowest BCUT2D eigenvalue weighted by Gasteiger charge is -2.15. The fourth-order valence-corrected chi connectivity index (χ4v) is 2.08. The molecule has 2 rings (SSSR count). The monoisotopic (exact) mass is 252 g/mol. The van der Waals surface area contributed by atoms with Gasteiger partial charge in [-0.15, -0.1) is 0 Å². The number of carbonyl (C=O) groups excluding carboxylic acids is 2. The molecule has 90 valence electrons. The molecule has 4 nitrogen and oxygen atoms in total. The van der Waals surface area contributed by atoms with Crippen molar-refractivity contribution in [2.24, 2.45) is 5.92 Å². The van der Waals surface area contributed by atoms with Crippen molar-refractivity contribution in [1.82, 2.24) is 4.90 Å². The summed E-state index contributed by atoms with van der Waals surface area (Å²) in [7, 11) is 0. The van der Waals surface area contributed by atoms with E-state index in [9.17, 15) is 9.59 Å². The smallest absolute Gasteiger partial charge is 0.232 e. The van der Waals surface area contributed by atoms with Gasteiger partial charge >= 0.3 is 0 Å². The van der Waals surface area contributed by atoms with E-state index in [1.807, 2.05) is 0 Å². The first kappa shape index (κ1) is 11.9. The minimum Gasteiger partial charge on any atom is -0.398 e. The minimum atomic E-state index is -0.226. The number of amides is 2. The Labute approximate surface area is 104 Å². The van der Waals surface area contributed by atoms with Gasteiger partial charge in [0.2, 0.25) is 11.8 Å². The van der Waals surface area contributed by atoms with Gasteiger partial charge in [0.05, 0.1) is 6.54 Å². The Hall–Kier alpha value is -1.55. The highest BCUT2D eigenvalue weighted by Gasteiger charge is 2.35. The first-order valence-electron chi connectivity index (χ1n) is 5.37. The maximum atomic E-state index is 11.7. The second-order valence-electron chi connectivity index (χ2n) is 4.27. The number of likely N-dealkylation sites (tertiary alicyclic amines) is 1. The molecule has 5 heteroatoms. The van der Waals surface area contributed by atoms with Crippen LogP contribution in [0, 0.1) is 5.92 Å². The molecule has 1 saturated heterocycles. The number of anilines is 1. The van der Waals surface area contributed by atoms with Crippen molar-refractivity contribution in [3.8, 4) is 0 Å². The van der Waals surface area contributed by atoms with Crippen LogP contribution < -0.4 is 5.73 Å². The van der Waals surface area contributed by atoms with Crippen LogP contribution in [0.4, 0.5) is 5.69 Å². The van der Waals surface area contributed by atoms with Crippen LogP contribution in [0.5, 0.6) is 0 Å². The quantitative estimate of drug-likeness (QED) is 0.645. The summed E-state index contributed by atoms with van der Waals surface area (Å²) >= 11 is 5.79. The van der Waals surface area contributed by atoms with Crippen molar-refractivity contribution in [3.05, 3.63) is 28.8 Å². The average Bonchev–Trinajstić information content (AvgIpc) is 2.48. The number of nitrogens with zero attached hydrogens (tertiary/aromatic N) is 1. The van der Waals surface area contributed by atoms with Crippen LogP contribution in [0.2, 0.25) is 5.02 Å². The van der Waals surface area contributed by atoms with Gasteiger partial charge in [0.25, 0.3) is 0 Å².